The molecule has 7 nitrogen and oxygen atoms in total. The van der Waals surface area contributed by atoms with Crippen LogP contribution in [0.15, 0.2) is 70.2 Å². The zero-order chi connectivity index (χ0) is 23.8. The topological polar surface area (TPSA) is 89.0 Å². The van der Waals surface area contributed by atoms with Gasteiger partial charge in [0.2, 0.25) is 0 Å². The van der Waals surface area contributed by atoms with Gasteiger partial charge in [0.15, 0.2) is 18.1 Å². The van der Waals surface area contributed by atoms with Crippen molar-refractivity contribution >= 4 is 51.2 Å². The van der Waals surface area contributed by atoms with Crippen LogP contribution >= 0.6 is 27.5 Å². The molecule has 10 heteroatoms. The van der Waals surface area contributed by atoms with E-state index in [2.05, 4.69) is 31.8 Å². The number of methoxy groups -OCH3 is 1. The van der Waals surface area contributed by atoms with E-state index in [9.17, 15) is 14.0 Å². The van der Waals surface area contributed by atoms with Gasteiger partial charge in [-0.2, -0.15) is 5.10 Å². The number of hydrogen-bond acceptors (Lipinski definition) is 5. The Balaban J connectivity index is 1.62. The highest BCUT2D eigenvalue weighted by atomic mass is 79.9. The molecule has 3 aromatic carbocycles. The molecule has 0 fully saturated rings. The highest BCUT2D eigenvalue weighted by molar-refractivity contribution is 9.10. The summed E-state index contributed by atoms with van der Waals surface area (Å²) in [6.07, 6.45) is 1.40. The Morgan fingerprint density at radius 2 is 1.82 bits per heavy atom. The predicted molar refractivity (Wildman–Crippen MR) is 128 cm³/mol. The van der Waals surface area contributed by atoms with Crippen LogP contribution in [0.25, 0.3) is 0 Å². The Morgan fingerprint density at radius 3 is 2.48 bits per heavy atom. The molecule has 0 heterocycles. The number of hydrogen-bond donors (Lipinski definition) is 2. The van der Waals surface area contributed by atoms with Gasteiger partial charge < -0.3 is 14.8 Å². The minimum Gasteiger partial charge on any atom is -0.493 e. The zero-order valence-corrected chi connectivity index (χ0v) is 19.6. The summed E-state index contributed by atoms with van der Waals surface area (Å²) in [5, 5.41) is 6.70. The van der Waals surface area contributed by atoms with Crippen molar-refractivity contribution < 1.29 is 23.5 Å². The monoisotopic (exact) mass is 533 g/mol. The van der Waals surface area contributed by atoms with Crippen LogP contribution in [0.1, 0.15) is 15.9 Å². The first-order valence-electron chi connectivity index (χ1n) is 9.50. The van der Waals surface area contributed by atoms with Gasteiger partial charge in [0.05, 0.1) is 18.3 Å². The number of halogens is 3. The van der Waals surface area contributed by atoms with E-state index in [4.69, 9.17) is 21.1 Å². The van der Waals surface area contributed by atoms with Crippen molar-refractivity contribution in [3.63, 3.8) is 0 Å². The number of carbonyl (C=O) groups is 2. The summed E-state index contributed by atoms with van der Waals surface area (Å²) in [6.45, 7) is -0.343. The highest BCUT2D eigenvalue weighted by Crippen LogP contribution is 2.36. The van der Waals surface area contributed by atoms with Crippen molar-refractivity contribution in [2.45, 2.75) is 0 Å². The number of anilines is 1. The Bertz CT molecular complexity index is 1170. The molecule has 0 aliphatic rings. The number of carbonyl (C=O) groups excluding carboxylic acids is 2. The fourth-order valence-corrected chi connectivity index (χ4v) is 3.19. The van der Waals surface area contributed by atoms with Gasteiger partial charge in [0.1, 0.15) is 5.82 Å². The third-order valence-electron chi connectivity index (χ3n) is 4.21. The molecule has 2 N–H and O–H groups in total. The first-order chi connectivity index (χ1) is 15.9. The zero-order valence-electron chi connectivity index (χ0n) is 17.3. The number of nitrogens with zero attached hydrogens (tertiary/aromatic N) is 1. The van der Waals surface area contributed by atoms with Crippen molar-refractivity contribution in [1.29, 1.82) is 0 Å². The van der Waals surface area contributed by atoms with E-state index in [0.29, 0.717) is 16.8 Å². The van der Waals surface area contributed by atoms with E-state index in [0.717, 1.165) is 4.47 Å². The van der Waals surface area contributed by atoms with Gasteiger partial charge in [-0.25, -0.2) is 9.82 Å². The van der Waals surface area contributed by atoms with Gasteiger partial charge in [-0.05, 0) is 66.2 Å². The van der Waals surface area contributed by atoms with Gasteiger partial charge in [0, 0.05) is 15.7 Å². The average Bonchev–Trinajstić information content (AvgIpc) is 2.80. The molecular formula is C23H18BrClFN3O4. The van der Waals surface area contributed by atoms with Crippen LogP contribution < -0.4 is 20.2 Å². The molecule has 0 aliphatic heterocycles. The second-order valence-corrected chi connectivity index (χ2v) is 7.91. The summed E-state index contributed by atoms with van der Waals surface area (Å²) in [5.41, 5.74) is 3.85. The van der Waals surface area contributed by atoms with Crippen LogP contribution in [0.4, 0.5) is 10.1 Å². The first-order valence-corrected chi connectivity index (χ1v) is 10.7. The molecule has 2 amide bonds. The molecule has 0 atom stereocenters. The van der Waals surface area contributed by atoms with Crippen LogP contribution in [-0.4, -0.2) is 31.7 Å². The van der Waals surface area contributed by atoms with E-state index in [-0.39, 0.29) is 29.0 Å². The van der Waals surface area contributed by atoms with Crippen molar-refractivity contribution in [3.8, 4) is 11.5 Å². The molecule has 3 aromatic rings. The SMILES string of the molecule is COc1cc(/C=N/NC(=O)c2ccc(Br)cc2)cc(Cl)c1OCC(=O)Nc1ccc(F)cc1. The smallest absolute Gasteiger partial charge is 0.271 e. The van der Waals surface area contributed by atoms with E-state index >= 15 is 0 Å². The molecule has 170 valence electrons. The molecular weight excluding hydrogens is 517 g/mol. The lowest BCUT2D eigenvalue weighted by Gasteiger charge is -2.13. The van der Waals surface area contributed by atoms with Crippen LogP contribution in [-0.2, 0) is 4.79 Å². The fourth-order valence-electron chi connectivity index (χ4n) is 2.65. The summed E-state index contributed by atoms with van der Waals surface area (Å²) in [7, 11) is 1.42. The lowest BCUT2D eigenvalue weighted by molar-refractivity contribution is -0.118. The van der Waals surface area contributed by atoms with E-state index in [1.54, 1.807) is 36.4 Å². The Morgan fingerprint density at radius 1 is 1.12 bits per heavy atom. The highest BCUT2D eigenvalue weighted by Gasteiger charge is 2.14. The number of hydrazone groups is 1. The maximum Gasteiger partial charge on any atom is 0.271 e. The molecule has 33 heavy (non-hydrogen) atoms. The summed E-state index contributed by atoms with van der Waals surface area (Å²) in [6, 6.07) is 15.3. The lowest BCUT2D eigenvalue weighted by Crippen LogP contribution is -2.20. The molecule has 0 saturated carbocycles. The van der Waals surface area contributed by atoms with Crippen LogP contribution in [0.2, 0.25) is 5.02 Å². The van der Waals surface area contributed by atoms with Gasteiger partial charge in [0.25, 0.3) is 11.8 Å². The maximum absolute atomic E-state index is 13.0. The molecule has 0 aliphatic carbocycles. The quantitative estimate of drug-likeness (QED) is 0.313. The van der Waals surface area contributed by atoms with Gasteiger partial charge in [-0.15, -0.1) is 0 Å². The minimum absolute atomic E-state index is 0.171. The predicted octanol–water partition coefficient (Wildman–Crippen LogP) is 5.03. The van der Waals surface area contributed by atoms with Crippen molar-refractivity contribution in [2.24, 2.45) is 5.10 Å². The standard InChI is InChI=1S/C23H18BrClFN3O4/c1-32-20-11-14(12-27-29-23(31)15-2-4-16(24)5-3-15)10-19(25)22(20)33-13-21(30)28-18-8-6-17(26)7-9-18/h2-12H,13H2,1H3,(H,28,30)(H,29,31)/b27-12+. The second kappa shape index (κ2) is 11.4. The van der Waals surface area contributed by atoms with Gasteiger partial charge in [-0.3, -0.25) is 9.59 Å². The second-order valence-electron chi connectivity index (χ2n) is 6.58. The molecule has 0 aromatic heterocycles. The number of benzene rings is 3. The number of ether oxygens (including phenoxy) is 2. The van der Waals surface area contributed by atoms with Crippen molar-refractivity contribution in [2.75, 3.05) is 19.0 Å². The summed E-state index contributed by atoms with van der Waals surface area (Å²) < 4.78 is 24.6. The number of amides is 2. The van der Waals surface area contributed by atoms with Crippen LogP contribution in [0, 0.1) is 5.82 Å². The molecule has 0 bridgehead atoms. The maximum atomic E-state index is 13.0. The third kappa shape index (κ3) is 7.03. The summed E-state index contributed by atoms with van der Waals surface area (Å²) in [5.74, 6) is -0.788. The molecule has 0 radical (unpaired) electrons. The van der Waals surface area contributed by atoms with Gasteiger partial charge in [-0.1, -0.05) is 27.5 Å². The van der Waals surface area contributed by atoms with Gasteiger partial charge >= 0.3 is 0 Å². The van der Waals surface area contributed by atoms with E-state index in [1.165, 1.54) is 37.6 Å². The van der Waals surface area contributed by atoms with Crippen LogP contribution in [0.3, 0.4) is 0 Å². The number of rotatable bonds is 8. The fraction of sp³-hybridized carbons (Fsp3) is 0.0870. The lowest BCUT2D eigenvalue weighted by atomic mass is 10.2. The largest absolute Gasteiger partial charge is 0.493 e. The summed E-state index contributed by atoms with van der Waals surface area (Å²) in [4.78, 5) is 24.2. The normalized spacial score (nSPS) is 10.7. The molecule has 0 unspecified atom stereocenters. The average molecular weight is 535 g/mol. The first kappa shape index (κ1) is 24.2. The number of nitrogens with one attached hydrogen (secondary N) is 2. The summed E-state index contributed by atoms with van der Waals surface area (Å²) >= 11 is 9.60. The third-order valence-corrected chi connectivity index (χ3v) is 5.02. The van der Waals surface area contributed by atoms with Crippen molar-refractivity contribution in [3.05, 3.63) is 87.1 Å². The Labute approximate surface area is 202 Å². The van der Waals surface area contributed by atoms with E-state index < -0.39 is 11.7 Å². The van der Waals surface area contributed by atoms with E-state index in [1.807, 2.05) is 0 Å². The minimum atomic E-state index is -0.457. The molecule has 0 spiro atoms. The van der Waals surface area contributed by atoms with Crippen LogP contribution in [0.5, 0.6) is 11.5 Å². The molecule has 3 rings (SSSR count). The molecule has 0 saturated heterocycles. The Kier molecular flexibility index (Phi) is 8.39. The van der Waals surface area contributed by atoms with Crippen molar-refractivity contribution in [1.82, 2.24) is 5.43 Å². The Hall–Kier alpha value is -3.43.